The smallest absolute Gasteiger partial charge is 0.323 e. The molecule has 4 heteroatoms. The molecule has 0 fully saturated rings. The summed E-state index contributed by atoms with van der Waals surface area (Å²) in [5.74, 6) is -0.744. The molecule has 14 heavy (non-hydrogen) atoms. The van der Waals surface area contributed by atoms with E-state index in [9.17, 15) is 4.79 Å². The molecule has 3 N–H and O–H groups in total. The number of hydrogen-bond acceptors (Lipinski definition) is 3. The molecule has 0 aliphatic heterocycles. The van der Waals surface area contributed by atoms with Gasteiger partial charge in [-0.2, -0.15) is 0 Å². The van der Waals surface area contributed by atoms with Crippen LogP contribution in [0, 0.1) is 0 Å². The van der Waals surface area contributed by atoms with Gasteiger partial charge in [-0.3, -0.25) is 4.79 Å². The number of nitrogens with one attached hydrogen (secondary N) is 2. The second-order valence-corrected chi connectivity index (χ2v) is 3.48. The topological polar surface area (TPSA) is 61.4 Å². The van der Waals surface area contributed by atoms with Crippen LogP contribution in [0.2, 0.25) is 0 Å². The standard InChI is InChI=1S/C10H22N2O2/c1-4-10(5-2,9(13)14)12-8-6-7-11-3/h11-12H,4-8H2,1-3H3,(H,13,14). The van der Waals surface area contributed by atoms with Gasteiger partial charge in [-0.05, 0) is 39.4 Å². The fourth-order valence-corrected chi connectivity index (χ4v) is 1.47. The average molecular weight is 202 g/mol. The van der Waals surface area contributed by atoms with Gasteiger partial charge >= 0.3 is 5.97 Å². The van der Waals surface area contributed by atoms with Crippen molar-refractivity contribution >= 4 is 5.97 Å². The molecule has 0 saturated heterocycles. The van der Waals surface area contributed by atoms with Crippen molar-refractivity contribution in [3.05, 3.63) is 0 Å². The SMILES string of the molecule is CCC(CC)(NCCCNC)C(=O)O. The predicted octanol–water partition coefficient (Wildman–Crippen LogP) is 0.829. The van der Waals surface area contributed by atoms with E-state index in [-0.39, 0.29) is 0 Å². The monoisotopic (exact) mass is 202 g/mol. The normalized spacial score (nSPS) is 11.6. The molecule has 0 atom stereocenters. The van der Waals surface area contributed by atoms with Crippen molar-refractivity contribution < 1.29 is 9.90 Å². The summed E-state index contributed by atoms with van der Waals surface area (Å²) in [6, 6.07) is 0. The minimum absolute atomic E-state index is 0.623. The molecule has 0 heterocycles. The van der Waals surface area contributed by atoms with Gasteiger partial charge < -0.3 is 15.7 Å². The zero-order valence-electron chi connectivity index (χ0n) is 9.39. The van der Waals surface area contributed by atoms with Gasteiger partial charge in [-0.1, -0.05) is 13.8 Å². The molecule has 0 aromatic heterocycles. The Morgan fingerprint density at radius 2 is 1.86 bits per heavy atom. The van der Waals surface area contributed by atoms with Gasteiger partial charge in [-0.15, -0.1) is 0 Å². The summed E-state index contributed by atoms with van der Waals surface area (Å²) >= 11 is 0. The fourth-order valence-electron chi connectivity index (χ4n) is 1.47. The highest BCUT2D eigenvalue weighted by Crippen LogP contribution is 2.14. The van der Waals surface area contributed by atoms with Crippen molar-refractivity contribution in [3.8, 4) is 0 Å². The Kier molecular flexibility index (Phi) is 6.49. The zero-order valence-corrected chi connectivity index (χ0v) is 9.39. The molecule has 0 aromatic rings. The largest absolute Gasteiger partial charge is 0.480 e. The van der Waals surface area contributed by atoms with Crippen LogP contribution in [-0.2, 0) is 4.79 Å². The van der Waals surface area contributed by atoms with Crippen LogP contribution >= 0.6 is 0 Å². The molecule has 0 aromatic carbocycles. The summed E-state index contributed by atoms with van der Waals surface area (Å²) in [7, 11) is 1.89. The van der Waals surface area contributed by atoms with Crippen molar-refractivity contribution in [2.45, 2.75) is 38.6 Å². The van der Waals surface area contributed by atoms with Crippen molar-refractivity contribution in [2.24, 2.45) is 0 Å². The number of carbonyl (C=O) groups is 1. The zero-order chi connectivity index (χ0) is 11.0. The molecular weight excluding hydrogens is 180 g/mol. The molecular formula is C10H22N2O2. The third kappa shape index (κ3) is 3.64. The highest BCUT2D eigenvalue weighted by atomic mass is 16.4. The van der Waals surface area contributed by atoms with Crippen LogP contribution in [0.1, 0.15) is 33.1 Å². The number of carboxylic acid groups (broad SMARTS) is 1. The summed E-state index contributed by atoms with van der Waals surface area (Å²) in [6.45, 7) is 5.47. The van der Waals surface area contributed by atoms with Gasteiger partial charge in [0.2, 0.25) is 0 Å². The van der Waals surface area contributed by atoms with Gasteiger partial charge in [0.1, 0.15) is 5.54 Å². The highest BCUT2D eigenvalue weighted by Gasteiger charge is 2.33. The molecule has 0 rings (SSSR count). The van der Waals surface area contributed by atoms with Crippen LogP contribution in [0.15, 0.2) is 0 Å². The van der Waals surface area contributed by atoms with Crippen molar-refractivity contribution in [3.63, 3.8) is 0 Å². The summed E-state index contributed by atoms with van der Waals surface area (Å²) < 4.78 is 0. The minimum Gasteiger partial charge on any atom is -0.480 e. The highest BCUT2D eigenvalue weighted by molar-refractivity contribution is 5.78. The molecule has 0 amide bonds. The van der Waals surface area contributed by atoms with E-state index in [2.05, 4.69) is 10.6 Å². The van der Waals surface area contributed by atoms with E-state index in [0.29, 0.717) is 12.8 Å². The first kappa shape index (κ1) is 13.4. The Bertz CT molecular complexity index is 168. The number of carboxylic acids is 1. The van der Waals surface area contributed by atoms with Gasteiger partial charge in [0, 0.05) is 0 Å². The Hall–Kier alpha value is -0.610. The Morgan fingerprint density at radius 3 is 2.21 bits per heavy atom. The summed E-state index contributed by atoms with van der Waals surface area (Å²) in [5.41, 5.74) is -0.728. The molecule has 0 spiro atoms. The molecule has 0 aliphatic carbocycles. The lowest BCUT2D eigenvalue weighted by atomic mass is 9.93. The first-order valence-electron chi connectivity index (χ1n) is 5.26. The maximum atomic E-state index is 11.1. The van der Waals surface area contributed by atoms with E-state index < -0.39 is 11.5 Å². The van der Waals surface area contributed by atoms with Crippen molar-refractivity contribution in [2.75, 3.05) is 20.1 Å². The van der Waals surface area contributed by atoms with Gasteiger partial charge in [0.25, 0.3) is 0 Å². The number of hydrogen-bond donors (Lipinski definition) is 3. The number of aliphatic carboxylic acids is 1. The van der Waals surface area contributed by atoms with E-state index in [1.54, 1.807) is 0 Å². The molecule has 0 aliphatic rings. The molecule has 84 valence electrons. The van der Waals surface area contributed by atoms with Gasteiger partial charge in [-0.25, -0.2) is 0 Å². The van der Waals surface area contributed by atoms with Crippen LogP contribution in [0.5, 0.6) is 0 Å². The number of rotatable bonds is 8. The lowest BCUT2D eigenvalue weighted by Crippen LogP contribution is -2.51. The summed E-state index contributed by atoms with van der Waals surface area (Å²) in [6.07, 6.45) is 2.20. The minimum atomic E-state index is -0.744. The predicted molar refractivity (Wildman–Crippen MR) is 57.5 cm³/mol. The third-order valence-electron chi connectivity index (χ3n) is 2.68. The van der Waals surface area contributed by atoms with E-state index in [0.717, 1.165) is 19.5 Å². The van der Waals surface area contributed by atoms with Crippen LogP contribution in [0.25, 0.3) is 0 Å². The first-order valence-corrected chi connectivity index (χ1v) is 5.26. The lowest BCUT2D eigenvalue weighted by Gasteiger charge is -2.28. The quantitative estimate of drug-likeness (QED) is 0.510. The maximum Gasteiger partial charge on any atom is 0.323 e. The van der Waals surface area contributed by atoms with Crippen LogP contribution in [-0.4, -0.2) is 36.8 Å². The van der Waals surface area contributed by atoms with E-state index >= 15 is 0 Å². The van der Waals surface area contributed by atoms with Crippen molar-refractivity contribution in [1.82, 2.24) is 10.6 Å². The average Bonchev–Trinajstić information content (AvgIpc) is 2.18. The molecule has 0 unspecified atom stereocenters. The second kappa shape index (κ2) is 6.79. The first-order chi connectivity index (χ1) is 6.63. The van der Waals surface area contributed by atoms with Gasteiger partial charge in [0.05, 0.1) is 0 Å². The lowest BCUT2D eigenvalue weighted by molar-refractivity contribution is -0.145. The molecule has 0 saturated carbocycles. The molecule has 0 bridgehead atoms. The van der Waals surface area contributed by atoms with Crippen molar-refractivity contribution in [1.29, 1.82) is 0 Å². The van der Waals surface area contributed by atoms with E-state index in [4.69, 9.17) is 5.11 Å². The Balaban J connectivity index is 4.02. The maximum absolute atomic E-state index is 11.1. The van der Waals surface area contributed by atoms with Crippen LogP contribution in [0.4, 0.5) is 0 Å². The Labute approximate surface area is 86.1 Å². The second-order valence-electron chi connectivity index (χ2n) is 3.48. The van der Waals surface area contributed by atoms with Gasteiger partial charge in [0.15, 0.2) is 0 Å². The summed E-state index contributed by atoms with van der Waals surface area (Å²) in [4.78, 5) is 11.1. The van der Waals surface area contributed by atoms with E-state index in [1.807, 2.05) is 20.9 Å². The third-order valence-corrected chi connectivity index (χ3v) is 2.68. The summed E-state index contributed by atoms with van der Waals surface area (Å²) in [5, 5.41) is 15.3. The van der Waals surface area contributed by atoms with Crippen LogP contribution < -0.4 is 10.6 Å². The van der Waals surface area contributed by atoms with E-state index in [1.165, 1.54) is 0 Å². The Morgan fingerprint density at radius 1 is 1.29 bits per heavy atom. The molecule has 0 radical (unpaired) electrons. The van der Waals surface area contributed by atoms with Crippen LogP contribution in [0.3, 0.4) is 0 Å². The fraction of sp³-hybridized carbons (Fsp3) is 0.900. The molecule has 4 nitrogen and oxygen atoms in total.